The maximum atomic E-state index is 3.40. The Morgan fingerprint density at radius 2 is 1.90 bits per heavy atom. The van der Waals surface area contributed by atoms with Gasteiger partial charge in [-0.1, -0.05) is 12.2 Å². The Hall–Kier alpha value is -0.720. The van der Waals surface area contributed by atoms with Crippen molar-refractivity contribution in [1.82, 2.24) is 5.32 Å². The van der Waals surface area contributed by atoms with Crippen LogP contribution in [0.4, 0.5) is 0 Å². The first-order chi connectivity index (χ1) is 4.51. The van der Waals surface area contributed by atoms with Gasteiger partial charge in [0, 0.05) is 11.2 Å². The standard InChI is InChI=1S/C9H15N/c1-7-5-6-9(3,4)10-8(7)2/h5-6,10H,1-4H3. The van der Waals surface area contributed by atoms with Crippen LogP contribution < -0.4 is 5.32 Å². The van der Waals surface area contributed by atoms with Crippen LogP contribution in [-0.2, 0) is 0 Å². The van der Waals surface area contributed by atoms with Crippen LogP contribution >= 0.6 is 0 Å². The lowest BCUT2D eigenvalue weighted by molar-refractivity contribution is 0.521. The van der Waals surface area contributed by atoms with E-state index in [9.17, 15) is 0 Å². The van der Waals surface area contributed by atoms with Gasteiger partial charge in [-0.25, -0.2) is 0 Å². The van der Waals surface area contributed by atoms with Crippen LogP contribution in [-0.4, -0.2) is 5.54 Å². The first kappa shape index (κ1) is 7.39. The number of rotatable bonds is 0. The summed E-state index contributed by atoms with van der Waals surface area (Å²) in [6.07, 6.45) is 4.36. The fraction of sp³-hybridized carbons (Fsp3) is 0.556. The number of hydrogen-bond donors (Lipinski definition) is 1. The number of hydrogen-bond acceptors (Lipinski definition) is 1. The largest absolute Gasteiger partial charge is 0.380 e. The Morgan fingerprint density at radius 3 is 2.30 bits per heavy atom. The van der Waals surface area contributed by atoms with Gasteiger partial charge in [-0.15, -0.1) is 0 Å². The summed E-state index contributed by atoms with van der Waals surface area (Å²) >= 11 is 0. The number of allylic oxidation sites excluding steroid dienone is 3. The van der Waals surface area contributed by atoms with Crippen molar-refractivity contribution in [3.63, 3.8) is 0 Å². The van der Waals surface area contributed by atoms with E-state index >= 15 is 0 Å². The van der Waals surface area contributed by atoms with Crippen LogP contribution in [0.2, 0.25) is 0 Å². The third kappa shape index (κ3) is 1.41. The second kappa shape index (κ2) is 2.15. The summed E-state index contributed by atoms with van der Waals surface area (Å²) in [5.41, 5.74) is 2.76. The third-order valence-corrected chi connectivity index (χ3v) is 1.85. The number of dihydropyridines is 1. The molecule has 0 amide bonds. The fourth-order valence-electron chi connectivity index (χ4n) is 1.08. The first-order valence-corrected chi connectivity index (χ1v) is 3.66. The normalized spacial score (nSPS) is 22.8. The van der Waals surface area contributed by atoms with E-state index in [2.05, 4.69) is 45.2 Å². The highest BCUT2D eigenvalue weighted by atomic mass is 15.0. The second-order valence-corrected chi connectivity index (χ2v) is 3.49. The van der Waals surface area contributed by atoms with Crippen LogP contribution in [0.5, 0.6) is 0 Å². The molecular weight excluding hydrogens is 122 g/mol. The predicted octanol–water partition coefficient (Wildman–Crippen LogP) is 2.22. The maximum absolute atomic E-state index is 3.40. The lowest BCUT2D eigenvalue weighted by atomic mass is 9.98. The zero-order valence-corrected chi connectivity index (χ0v) is 7.15. The first-order valence-electron chi connectivity index (χ1n) is 3.66. The van der Waals surface area contributed by atoms with Gasteiger partial charge in [0.05, 0.1) is 0 Å². The van der Waals surface area contributed by atoms with Crippen molar-refractivity contribution in [2.24, 2.45) is 0 Å². The minimum atomic E-state index is 0.142. The van der Waals surface area contributed by atoms with Crippen molar-refractivity contribution in [2.45, 2.75) is 33.2 Å². The predicted molar refractivity (Wildman–Crippen MR) is 44.7 cm³/mol. The van der Waals surface area contributed by atoms with Gasteiger partial charge < -0.3 is 5.32 Å². The Kier molecular flexibility index (Phi) is 1.59. The summed E-state index contributed by atoms with van der Waals surface area (Å²) in [6.45, 7) is 8.56. The highest BCUT2D eigenvalue weighted by Gasteiger charge is 2.16. The van der Waals surface area contributed by atoms with Crippen molar-refractivity contribution in [2.75, 3.05) is 0 Å². The molecule has 1 aliphatic heterocycles. The van der Waals surface area contributed by atoms with E-state index in [1.807, 2.05) is 0 Å². The van der Waals surface area contributed by atoms with Gasteiger partial charge in [0.25, 0.3) is 0 Å². The molecule has 1 rings (SSSR count). The summed E-state index contributed by atoms with van der Waals surface area (Å²) < 4.78 is 0. The van der Waals surface area contributed by atoms with E-state index in [1.54, 1.807) is 0 Å². The second-order valence-electron chi connectivity index (χ2n) is 3.49. The van der Waals surface area contributed by atoms with Gasteiger partial charge in [0.2, 0.25) is 0 Å². The molecule has 10 heavy (non-hydrogen) atoms. The molecule has 0 fully saturated rings. The molecule has 0 radical (unpaired) electrons. The van der Waals surface area contributed by atoms with E-state index in [-0.39, 0.29) is 5.54 Å². The molecule has 0 spiro atoms. The maximum Gasteiger partial charge on any atom is 0.0500 e. The van der Waals surface area contributed by atoms with Gasteiger partial charge >= 0.3 is 0 Å². The van der Waals surface area contributed by atoms with E-state index in [0.717, 1.165) is 0 Å². The van der Waals surface area contributed by atoms with Crippen molar-refractivity contribution in [3.8, 4) is 0 Å². The average Bonchev–Trinajstić information content (AvgIpc) is 1.79. The third-order valence-electron chi connectivity index (χ3n) is 1.85. The molecule has 0 saturated carbocycles. The molecule has 0 aliphatic carbocycles. The van der Waals surface area contributed by atoms with Crippen LogP contribution in [0.25, 0.3) is 0 Å². The molecule has 0 aromatic carbocycles. The molecule has 1 aliphatic rings. The SMILES string of the molecule is CC1=C(C)NC(C)(C)C=C1. The van der Waals surface area contributed by atoms with Crippen LogP contribution in [0.3, 0.4) is 0 Å². The Balaban J connectivity index is 2.85. The van der Waals surface area contributed by atoms with Gasteiger partial charge in [0.1, 0.15) is 0 Å². The molecule has 1 N–H and O–H groups in total. The summed E-state index contributed by atoms with van der Waals surface area (Å²) in [6, 6.07) is 0. The highest BCUT2D eigenvalue weighted by molar-refractivity contribution is 5.30. The van der Waals surface area contributed by atoms with Gasteiger partial charge in [0.15, 0.2) is 0 Å². The lowest BCUT2D eigenvalue weighted by Gasteiger charge is -2.28. The van der Waals surface area contributed by atoms with Gasteiger partial charge in [-0.05, 0) is 33.3 Å². The summed E-state index contributed by atoms with van der Waals surface area (Å²) in [7, 11) is 0. The minimum Gasteiger partial charge on any atom is -0.380 e. The molecule has 0 saturated heterocycles. The minimum absolute atomic E-state index is 0.142. The van der Waals surface area contributed by atoms with Crippen molar-refractivity contribution in [3.05, 3.63) is 23.4 Å². The van der Waals surface area contributed by atoms with Gasteiger partial charge in [-0.3, -0.25) is 0 Å². The molecular formula is C9H15N. The molecule has 56 valence electrons. The molecule has 0 aromatic heterocycles. The Bertz CT molecular complexity index is 197. The Morgan fingerprint density at radius 1 is 1.30 bits per heavy atom. The van der Waals surface area contributed by atoms with E-state index in [0.29, 0.717) is 0 Å². The molecule has 0 atom stereocenters. The summed E-state index contributed by atoms with van der Waals surface area (Å²) in [5, 5.41) is 3.40. The molecule has 1 heteroatoms. The smallest absolute Gasteiger partial charge is 0.0500 e. The molecule has 0 aromatic rings. The number of nitrogens with one attached hydrogen (secondary N) is 1. The Labute approximate surface area is 62.8 Å². The summed E-state index contributed by atoms with van der Waals surface area (Å²) in [4.78, 5) is 0. The lowest BCUT2D eigenvalue weighted by Crippen LogP contribution is -2.37. The van der Waals surface area contributed by atoms with Crippen molar-refractivity contribution < 1.29 is 0 Å². The molecule has 1 heterocycles. The van der Waals surface area contributed by atoms with E-state index in [4.69, 9.17) is 0 Å². The van der Waals surface area contributed by atoms with Crippen LogP contribution in [0, 0.1) is 0 Å². The topological polar surface area (TPSA) is 12.0 Å². The van der Waals surface area contributed by atoms with Crippen molar-refractivity contribution >= 4 is 0 Å². The van der Waals surface area contributed by atoms with Crippen LogP contribution in [0.15, 0.2) is 23.4 Å². The monoisotopic (exact) mass is 137 g/mol. The van der Waals surface area contributed by atoms with Crippen LogP contribution in [0.1, 0.15) is 27.7 Å². The molecule has 1 nitrogen and oxygen atoms in total. The molecule has 0 unspecified atom stereocenters. The van der Waals surface area contributed by atoms with Crippen molar-refractivity contribution in [1.29, 1.82) is 0 Å². The summed E-state index contributed by atoms with van der Waals surface area (Å²) in [5.74, 6) is 0. The zero-order valence-electron chi connectivity index (χ0n) is 7.15. The van der Waals surface area contributed by atoms with E-state index < -0.39 is 0 Å². The van der Waals surface area contributed by atoms with Gasteiger partial charge in [-0.2, -0.15) is 0 Å². The quantitative estimate of drug-likeness (QED) is 0.540. The highest BCUT2D eigenvalue weighted by Crippen LogP contribution is 2.16. The fourth-order valence-corrected chi connectivity index (χ4v) is 1.08. The molecule has 0 bridgehead atoms. The zero-order chi connectivity index (χ0) is 7.78. The average molecular weight is 137 g/mol. The van der Waals surface area contributed by atoms with E-state index in [1.165, 1.54) is 11.3 Å².